The molecule has 0 spiro atoms. The van der Waals surface area contributed by atoms with E-state index in [4.69, 9.17) is 9.47 Å². The SMILES string of the molecule is COc1ccc(OC)c(NS(=O)(=O)c2ccc(SC)c(NC(C)=O)c2)c1. The van der Waals surface area contributed by atoms with E-state index in [2.05, 4.69) is 10.0 Å². The Morgan fingerprint density at radius 1 is 1.04 bits per heavy atom. The summed E-state index contributed by atoms with van der Waals surface area (Å²) in [4.78, 5) is 12.2. The number of sulfonamides is 1. The summed E-state index contributed by atoms with van der Waals surface area (Å²) in [7, 11) is -0.967. The number of carbonyl (C=O) groups excluding carboxylic acids is 1. The minimum absolute atomic E-state index is 0.0175. The molecule has 0 saturated carbocycles. The second-order valence-corrected chi connectivity index (χ2v) is 7.75. The first-order valence-electron chi connectivity index (χ1n) is 7.51. The van der Waals surface area contributed by atoms with Gasteiger partial charge in [-0.05, 0) is 36.6 Å². The maximum atomic E-state index is 12.8. The van der Waals surface area contributed by atoms with Gasteiger partial charge < -0.3 is 14.8 Å². The summed E-state index contributed by atoms with van der Waals surface area (Å²) in [6.45, 7) is 1.37. The number of hydrogen-bond donors (Lipinski definition) is 2. The molecule has 0 heterocycles. The highest BCUT2D eigenvalue weighted by atomic mass is 32.2. The first-order valence-corrected chi connectivity index (χ1v) is 10.2. The van der Waals surface area contributed by atoms with Gasteiger partial charge in [-0.15, -0.1) is 11.8 Å². The van der Waals surface area contributed by atoms with Crippen molar-refractivity contribution in [1.82, 2.24) is 0 Å². The van der Waals surface area contributed by atoms with Gasteiger partial charge in [-0.25, -0.2) is 8.42 Å². The molecule has 2 aromatic rings. The van der Waals surface area contributed by atoms with E-state index in [0.29, 0.717) is 17.2 Å². The zero-order valence-corrected chi connectivity index (χ0v) is 16.5. The Morgan fingerprint density at radius 3 is 2.35 bits per heavy atom. The third kappa shape index (κ3) is 4.61. The molecule has 0 saturated heterocycles. The Balaban J connectivity index is 2.43. The van der Waals surface area contributed by atoms with Crippen molar-refractivity contribution in [3.8, 4) is 11.5 Å². The predicted molar refractivity (Wildman–Crippen MR) is 103 cm³/mol. The third-order valence-electron chi connectivity index (χ3n) is 3.44. The highest BCUT2D eigenvalue weighted by Gasteiger charge is 2.19. The van der Waals surface area contributed by atoms with Crippen molar-refractivity contribution in [2.24, 2.45) is 0 Å². The van der Waals surface area contributed by atoms with Gasteiger partial charge >= 0.3 is 0 Å². The fourth-order valence-electron chi connectivity index (χ4n) is 2.24. The summed E-state index contributed by atoms with van der Waals surface area (Å²) in [6, 6.07) is 9.35. The Labute approximate surface area is 157 Å². The van der Waals surface area contributed by atoms with Crippen molar-refractivity contribution < 1.29 is 22.7 Å². The molecule has 0 aromatic heterocycles. The quantitative estimate of drug-likeness (QED) is 0.698. The molecule has 26 heavy (non-hydrogen) atoms. The molecule has 0 aliphatic carbocycles. The standard InChI is InChI=1S/C17H20N2O5S2/c1-11(20)18-15-10-13(6-8-17(15)25-4)26(21,22)19-14-9-12(23-2)5-7-16(14)24-3/h5-10,19H,1-4H3,(H,18,20). The van der Waals surface area contributed by atoms with Crippen molar-refractivity contribution >= 4 is 39.1 Å². The molecule has 0 aliphatic heterocycles. The zero-order valence-electron chi connectivity index (χ0n) is 14.8. The van der Waals surface area contributed by atoms with Gasteiger partial charge in [0.1, 0.15) is 11.5 Å². The number of methoxy groups -OCH3 is 2. The summed E-state index contributed by atoms with van der Waals surface area (Å²) < 4.78 is 38.4. The number of rotatable bonds is 7. The molecular formula is C17H20N2O5S2. The molecule has 9 heteroatoms. The van der Waals surface area contributed by atoms with Gasteiger partial charge in [-0.3, -0.25) is 9.52 Å². The topological polar surface area (TPSA) is 93.7 Å². The van der Waals surface area contributed by atoms with Gasteiger partial charge in [0.15, 0.2) is 0 Å². The maximum absolute atomic E-state index is 12.8. The van der Waals surface area contributed by atoms with E-state index >= 15 is 0 Å². The second kappa shape index (κ2) is 8.33. The van der Waals surface area contributed by atoms with Crippen LogP contribution in [0.2, 0.25) is 0 Å². The maximum Gasteiger partial charge on any atom is 0.262 e. The largest absolute Gasteiger partial charge is 0.497 e. The molecule has 2 aromatic carbocycles. The van der Waals surface area contributed by atoms with Gasteiger partial charge in [0.25, 0.3) is 10.0 Å². The zero-order chi connectivity index (χ0) is 19.3. The third-order valence-corrected chi connectivity index (χ3v) is 5.60. The van der Waals surface area contributed by atoms with Gasteiger partial charge in [0.2, 0.25) is 5.91 Å². The van der Waals surface area contributed by atoms with Crippen LogP contribution in [0.5, 0.6) is 11.5 Å². The summed E-state index contributed by atoms with van der Waals surface area (Å²) in [5.74, 6) is 0.564. The van der Waals surface area contributed by atoms with E-state index in [1.165, 1.54) is 51.1 Å². The van der Waals surface area contributed by atoms with Crippen LogP contribution in [-0.4, -0.2) is 34.8 Å². The monoisotopic (exact) mass is 396 g/mol. The van der Waals surface area contributed by atoms with Crippen molar-refractivity contribution in [2.45, 2.75) is 16.7 Å². The molecule has 0 unspecified atom stereocenters. The highest BCUT2D eigenvalue weighted by molar-refractivity contribution is 7.98. The number of benzene rings is 2. The molecule has 0 bridgehead atoms. The number of hydrogen-bond acceptors (Lipinski definition) is 6. The normalized spacial score (nSPS) is 10.9. The van der Waals surface area contributed by atoms with Gasteiger partial charge in [0, 0.05) is 17.9 Å². The van der Waals surface area contributed by atoms with Crippen LogP contribution in [-0.2, 0) is 14.8 Å². The molecule has 0 radical (unpaired) electrons. The molecule has 0 atom stereocenters. The number of carbonyl (C=O) groups is 1. The smallest absolute Gasteiger partial charge is 0.262 e. The Kier molecular flexibility index (Phi) is 6.38. The highest BCUT2D eigenvalue weighted by Crippen LogP contribution is 2.33. The summed E-state index contributed by atoms with van der Waals surface area (Å²) >= 11 is 1.41. The predicted octanol–water partition coefficient (Wildman–Crippen LogP) is 3.18. The van der Waals surface area contributed by atoms with Crippen LogP contribution in [0, 0.1) is 0 Å². The van der Waals surface area contributed by atoms with Crippen LogP contribution >= 0.6 is 11.8 Å². The van der Waals surface area contributed by atoms with E-state index < -0.39 is 10.0 Å². The molecule has 1 amide bonds. The lowest BCUT2D eigenvalue weighted by atomic mass is 10.3. The van der Waals surface area contributed by atoms with Crippen LogP contribution < -0.4 is 19.5 Å². The van der Waals surface area contributed by atoms with E-state index in [0.717, 1.165) is 4.90 Å². The minimum Gasteiger partial charge on any atom is -0.497 e. The number of amides is 1. The Hall–Kier alpha value is -2.39. The minimum atomic E-state index is -3.90. The Morgan fingerprint density at radius 2 is 1.77 bits per heavy atom. The lowest BCUT2D eigenvalue weighted by molar-refractivity contribution is -0.114. The van der Waals surface area contributed by atoms with Crippen LogP contribution in [0.4, 0.5) is 11.4 Å². The van der Waals surface area contributed by atoms with Crippen molar-refractivity contribution in [2.75, 3.05) is 30.5 Å². The van der Waals surface area contributed by atoms with Crippen LogP contribution in [0.15, 0.2) is 46.2 Å². The number of nitrogens with one attached hydrogen (secondary N) is 2. The van der Waals surface area contributed by atoms with Gasteiger partial charge in [-0.2, -0.15) is 0 Å². The molecule has 7 nitrogen and oxygen atoms in total. The number of thioether (sulfide) groups is 1. The molecule has 140 valence electrons. The first kappa shape index (κ1) is 19.9. The van der Waals surface area contributed by atoms with Crippen molar-refractivity contribution in [3.63, 3.8) is 0 Å². The Bertz CT molecular complexity index is 913. The average Bonchev–Trinajstić information content (AvgIpc) is 2.60. The summed E-state index contributed by atoms with van der Waals surface area (Å²) in [5, 5.41) is 2.64. The molecule has 0 fully saturated rings. The lowest BCUT2D eigenvalue weighted by Crippen LogP contribution is -2.15. The molecule has 2 N–H and O–H groups in total. The van der Waals surface area contributed by atoms with Crippen molar-refractivity contribution in [1.29, 1.82) is 0 Å². The number of ether oxygens (including phenoxy) is 2. The summed E-state index contributed by atoms with van der Waals surface area (Å²) in [6.07, 6.45) is 1.84. The molecule has 0 aliphatic rings. The fraction of sp³-hybridized carbons (Fsp3) is 0.235. The van der Waals surface area contributed by atoms with Crippen molar-refractivity contribution in [3.05, 3.63) is 36.4 Å². The van der Waals surface area contributed by atoms with E-state index in [1.807, 2.05) is 6.26 Å². The van der Waals surface area contributed by atoms with E-state index in [-0.39, 0.29) is 16.5 Å². The van der Waals surface area contributed by atoms with Gasteiger partial charge in [0.05, 0.1) is 30.5 Å². The fourth-order valence-corrected chi connectivity index (χ4v) is 3.86. The number of anilines is 2. The molecular weight excluding hydrogens is 376 g/mol. The van der Waals surface area contributed by atoms with Crippen LogP contribution in [0.25, 0.3) is 0 Å². The summed E-state index contributed by atoms with van der Waals surface area (Å²) in [5.41, 5.74) is 0.687. The van der Waals surface area contributed by atoms with Crippen LogP contribution in [0.3, 0.4) is 0 Å². The van der Waals surface area contributed by atoms with Gasteiger partial charge in [-0.1, -0.05) is 0 Å². The first-order chi connectivity index (χ1) is 12.3. The molecule has 2 rings (SSSR count). The average molecular weight is 396 g/mol. The van der Waals surface area contributed by atoms with E-state index in [1.54, 1.807) is 18.2 Å². The lowest BCUT2D eigenvalue weighted by Gasteiger charge is -2.15. The van der Waals surface area contributed by atoms with E-state index in [9.17, 15) is 13.2 Å². The second-order valence-electron chi connectivity index (χ2n) is 5.21. The van der Waals surface area contributed by atoms with Crippen LogP contribution in [0.1, 0.15) is 6.92 Å².